The Balaban J connectivity index is 2.08. The summed E-state index contributed by atoms with van der Waals surface area (Å²) in [4.78, 5) is 30.8. The Labute approximate surface area is 211 Å². The standard InChI is InChI=1S/C23H21ClF7N3O3/c1-21(13-10-14(25)12-32-11-13,20(36)33-15-6-8-22(27,28)9-7-15)34(19(35)18(24)26)16-2-4-17(5-3-16)37-23(29,30)31/h2-5,10-12,15,18H,6-9H2,1H3,(H,33,36)/t18-,21-/m0/s1. The number of pyridine rings is 1. The number of hydrogen-bond acceptors (Lipinski definition) is 4. The minimum absolute atomic E-state index is 0.102. The Morgan fingerprint density at radius 2 is 1.76 bits per heavy atom. The van der Waals surface area contributed by atoms with Crippen molar-refractivity contribution in [3.63, 3.8) is 0 Å². The van der Waals surface area contributed by atoms with E-state index in [0.29, 0.717) is 4.90 Å². The third-order valence-electron chi connectivity index (χ3n) is 5.94. The van der Waals surface area contributed by atoms with Crippen molar-refractivity contribution in [3.05, 3.63) is 54.1 Å². The molecule has 0 unspecified atom stereocenters. The number of amides is 2. The van der Waals surface area contributed by atoms with Crippen LogP contribution in [0.3, 0.4) is 0 Å². The Bertz CT molecular complexity index is 1120. The summed E-state index contributed by atoms with van der Waals surface area (Å²) in [6, 6.07) is 3.62. The summed E-state index contributed by atoms with van der Waals surface area (Å²) in [7, 11) is 0. The van der Waals surface area contributed by atoms with Gasteiger partial charge < -0.3 is 10.1 Å². The van der Waals surface area contributed by atoms with Crippen LogP contribution in [0.4, 0.5) is 36.4 Å². The van der Waals surface area contributed by atoms with Gasteiger partial charge in [-0.2, -0.15) is 0 Å². The molecule has 1 fully saturated rings. The molecule has 202 valence electrons. The zero-order chi connectivity index (χ0) is 27.6. The first-order chi connectivity index (χ1) is 17.1. The van der Waals surface area contributed by atoms with E-state index in [1.165, 1.54) is 0 Å². The zero-order valence-electron chi connectivity index (χ0n) is 19.2. The maximum absolute atomic E-state index is 14.2. The number of hydrogen-bond donors (Lipinski definition) is 1. The number of anilines is 1. The van der Waals surface area contributed by atoms with Crippen LogP contribution >= 0.6 is 11.6 Å². The summed E-state index contributed by atoms with van der Waals surface area (Å²) < 4.78 is 97.0. The van der Waals surface area contributed by atoms with Crippen LogP contribution in [0.2, 0.25) is 0 Å². The summed E-state index contributed by atoms with van der Waals surface area (Å²) in [5.41, 5.74) is -5.52. The highest BCUT2D eigenvalue weighted by molar-refractivity contribution is 6.32. The third-order valence-corrected chi connectivity index (χ3v) is 6.13. The van der Waals surface area contributed by atoms with E-state index in [0.717, 1.165) is 49.6 Å². The van der Waals surface area contributed by atoms with E-state index in [-0.39, 0.29) is 24.1 Å². The van der Waals surface area contributed by atoms with Crippen LogP contribution in [0.5, 0.6) is 5.75 Å². The smallest absolute Gasteiger partial charge is 0.406 e. The fourth-order valence-corrected chi connectivity index (χ4v) is 4.15. The fourth-order valence-electron chi connectivity index (χ4n) is 4.05. The van der Waals surface area contributed by atoms with Gasteiger partial charge in [0.1, 0.15) is 11.6 Å². The highest BCUT2D eigenvalue weighted by atomic mass is 35.5. The Hall–Kier alpha value is -3.09. The maximum atomic E-state index is 14.2. The molecule has 14 heteroatoms. The number of benzene rings is 1. The molecular formula is C23H21ClF7N3O3. The fraction of sp³-hybridized carbons (Fsp3) is 0.435. The van der Waals surface area contributed by atoms with Crippen LogP contribution in [0.1, 0.15) is 38.2 Å². The molecule has 1 N–H and O–H groups in total. The van der Waals surface area contributed by atoms with Gasteiger partial charge in [-0.15, -0.1) is 13.2 Å². The number of ether oxygens (including phenoxy) is 1. The molecule has 1 heterocycles. The summed E-state index contributed by atoms with van der Waals surface area (Å²) in [5.74, 6) is -7.00. The van der Waals surface area contributed by atoms with E-state index in [1.807, 2.05) is 0 Å². The molecule has 0 aliphatic heterocycles. The molecule has 1 aromatic carbocycles. The van der Waals surface area contributed by atoms with Crippen molar-refractivity contribution in [2.45, 2.75) is 62.1 Å². The quantitative estimate of drug-likeness (QED) is 0.357. The number of carbonyl (C=O) groups excluding carboxylic acids is 2. The van der Waals surface area contributed by atoms with Crippen molar-refractivity contribution in [2.75, 3.05) is 4.90 Å². The summed E-state index contributed by atoms with van der Waals surface area (Å²) in [6.07, 6.45) is -4.40. The second-order valence-electron chi connectivity index (χ2n) is 8.58. The highest BCUT2D eigenvalue weighted by Gasteiger charge is 2.48. The summed E-state index contributed by atoms with van der Waals surface area (Å²) >= 11 is 5.41. The lowest BCUT2D eigenvalue weighted by Crippen LogP contribution is -2.60. The van der Waals surface area contributed by atoms with Gasteiger partial charge in [0.2, 0.25) is 5.92 Å². The average molecular weight is 556 g/mol. The van der Waals surface area contributed by atoms with Crippen LogP contribution in [0.25, 0.3) is 0 Å². The topological polar surface area (TPSA) is 71.5 Å². The van der Waals surface area contributed by atoms with Crippen molar-refractivity contribution in [2.24, 2.45) is 0 Å². The first-order valence-corrected chi connectivity index (χ1v) is 11.3. The molecule has 1 aromatic heterocycles. The van der Waals surface area contributed by atoms with Gasteiger partial charge in [0.25, 0.3) is 17.4 Å². The summed E-state index contributed by atoms with van der Waals surface area (Å²) in [6.45, 7) is 1.12. The first kappa shape index (κ1) is 28.5. The van der Waals surface area contributed by atoms with E-state index in [4.69, 9.17) is 11.6 Å². The summed E-state index contributed by atoms with van der Waals surface area (Å²) in [5, 5.41) is 2.55. The molecule has 0 radical (unpaired) electrons. The molecule has 37 heavy (non-hydrogen) atoms. The lowest BCUT2D eigenvalue weighted by Gasteiger charge is -2.41. The Kier molecular flexibility index (Phi) is 8.25. The van der Waals surface area contributed by atoms with Gasteiger partial charge in [-0.05, 0) is 50.1 Å². The second kappa shape index (κ2) is 10.7. The number of nitrogens with one attached hydrogen (secondary N) is 1. The molecule has 0 spiro atoms. The van der Waals surface area contributed by atoms with Crippen molar-refractivity contribution in [1.29, 1.82) is 0 Å². The number of halogens is 8. The molecule has 2 aromatic rings. The number of carbonyl (C=O) groups is 2. The zero-order valence-corrected chi connectivity index (χ0v) is 19.9. The second-order valence-corrected chi connectivity index (χ2v) is 8.97. The van der Waals surface area contributed by atoms with Gasteiger partial charge in [0.15, 0.2) is 5.54 Å². The normalized spacial score (nSPS) is 18.4. The number of aromatic nitrogens is 1. The van der Waals surface area contributed by atoms with E-state index >= 15 is 0 Å². The van der Waals surface area contributed by atoms with Gasteiger partial charge in [-0.3, -0.25) is 19.5 Å². The molecule has 0 bridgehead atoms. The van der Waals surface area contributed by atoms with Crippen molar-refractivity contribution in [3.8, 4) is 5.75 Å². The predicted molar refractivity (Wildman–Crippen MR) is 118 cm³/mol. The van der Waals surface area contributed by atoms with Gasteiger partial charge in [-0.25, -0.2) is 17.6 Å². The molecule has 0 saturated heterocycles. The molecule has 3 rings (SSSR count). The van der Waals surface area contributed by atoms with Gasteiger partial charge in [-0.1, -0.05) is 11.6 Å². The molecule has 2 amide bonds. The lowest BCUT2D eigenvalue weighted by molar-refractivity contribution is -0.274. The largest absolute Gasteiger partial charge is 0.573 e. The molecule has 1 saturated carbocycles. The van der Waals surface area contributed by atoms with E-state index < -0.39 is 65.7 Å². The lowest BCUT2D eigenvalue weighted by atomic mass is 9.87. The van der Waals surface area contributed by atoms with Crippen LogP contribution in [-0.2, 0) is 15.1 Å². The van der Waals surface area contributed by atoms with Crippen LogP contribution < -0.4 is 15.0 Å². The molecule has 2 atom stereocenters. The first-order valence-electron chi connectivity index (χ1n) is 10.9. The average Bonchev–Trinajstić information content (AvgIpc) is 2.80. The van der Waals surface area contributed by atoms with Crippen molar-refractivity contribution >= 4 is 29.1 Å². The molecule has 1 aliphatic carbocycles. The highest BCUT2D eigenvalue weighted by Crippen LogP contribution is 2.38. The van der Waals surface area contributed by atoms with Crippen molar-refractivity contribution in [1.82, 2.24) is 10.3 Å². The SMILES string of the molecule is C[C@@](C(=O)NC1CCC(F)(F)CC1)(c1cncc(F)c1)N(C(=O)[C@H](F)Cl)c1ccc(OC(F)(F)F)cc1. The van der Waals surface area contributed by atoms with Gasteiger partial charge in [0.05, 0.1) is 6.20 Å². The van der Waals surface area contributed by atoms with E-state index in [2.05, 4.69) is 15.0 Å². The monoisotopic (exact) mass is 555 g/mol. The van der Waals surface area contributed by atoms with Gasteiger partial charge >= 0.3 is 6.36 Å². The van der Waals surface area contributed by atoms with Gasteiger partial charge in [0, 0.05) is 36.3 Å². The number of nitrogens with zero attached hydrogens (tertiary/aromatic N) is 2. The third kappa shape index (κ3) is 6.82. The molecular weight excluding hydrogens is 535 g/mol. The molecule has 6 nitrogen and oxygen atoms in total. The van der Waals surface area contributed by atoms with Crippen molar-refractivity contribution < 1.29 is 45.1 Å². The number of alkyl halides is 7. The molecule has 1 aliphatic rings. The maximum Gasteiger partial charge on any atom is 0.573 e. The van der Waals surface area contributed by atoms with Crippen LogP contribution in [0.15, 0.2) is 42.7 Å². The number of rotatable bonds is 7. The Morgan fingerprint density at radius 3 is 2.27 bits per heavy atom. The van der Waals surface area contributed by atoms with Crippen LogP contribution in [-0.4, -0.2) is 40.8 Å². The van der Waals surface area contributed by atoms with Crippen LogP contribution in [0, 0.1) is 5.82 Å². The minimum Gasteiger partial charge on any atom is -0.406 e. The van der Waals surface area contributed by atoms with E-state index in [9.17, 15) is 40.3 Å². The van der Waals surface area contributed by atoms with E-state index in [1.54, 1.807) is 0 Å². The minimum atomic E-state index is -5.02. The predicted octanol–water partition coefficient (Wildman–Crippen LogP) is 5.60. The Morgan fingerprint density at radius 1 is 1.16 bits per heavy atom.